The van der Waals surface area contributed by atoms with Gasteiger partial charge < -0.3 is 15.0 Å². The maximum atomic E-state index is 5.75. The summed E-state index contributed by atoms with van der Waals surface area (Å²) in [5.74, 6) is 1.05. The van der Waals surface area contributed by atoms with E-state index in [0.29, 0.717) is 6.10 Å². The highest BCUT2D eigenvalue weighted by Crippen LogP contribution is 2.22. The highest BCUT2D eigenvalue weighted by Gasteiger charge is 2.21. The molecule has 0 amide bonds. The van der Waals surface area contributed by atoms with E-state index in [9.17, 15) is 0 Å². The maximum absolute atomic E-state index is 5.75. The Hall–Kier alpha value is -1.66. The smallest absolute Gasteiger partial charge is 0.193 e. The van der Waals surface area contributed by atoms with E-state index in [2.05, 4.69) is 42.3 Å². The summed E-state index contributed by atoms with van der Waals surface area (Å²) in [5.41, 5.74) is 1.11. The molecule has 1 saturated heterocycles. The number of aryl methyl sites for hydroxylation is 1. The Morgan fingerprint density at radius 3 is 2.85 bits per heavy atom. The Morgan fingerprint density at radius 1 is 1.31 bits per heavy atom. The average molecular weight is 375 g/mol. The lowest BCUT2D eigenvalue weighted by atomic mass is 10.1. The third kappa shape index (κ3) is 5.17. The van der Waals surface area contributed by atoms with Gasteiger partial charge in [-0.3, -0.25) is 4.99 Å². The van der Waals surface area contributed by atoms with Gasteiger partial charge in [-0.25, -0.2) is 4.98 Å². The Kier molecular flexibility index (Phi) is 7.26. The van der Waals surface area contributed by atoms with E-state index in [1.807, 2.05) is 6.07 Å². The molecule has 3 rings (SSSR count). The van der Waals surface area contributed by atoms with Crippen LogP contribution in [0.2, 0.25) is 0 Å². The van der Waals surface area contributed by atoms with Crippen molar-refractivity contribution in [1.82, 2.24) is 15.2 Å². The summed E-state index contributed by atoms with van der Waals surface area (Å²) in [5, 5.41) is 4.65. The number of hydrogen-bond donors (Lipinski definition) is 1. The van der Waals surface area contributed by atoms with E-state index in [1.54, 1.807) is 11.3 Å². The number of benzene rings is 1. The fraction of sp³-hybridized carbons (Fsp3) is 0.600. The van der Waals surface area contributed by atoms with Gasteiger partial charge in [-0.05, 0) is 45.2 Å². The third-order valence-electron chi connectivity index (χ3n) is 4.63. The summed E-state index contributed by atoms with van der Waals surface area (Å²) >= 11 is 1.80. The molecule has 2 heterocycles. The molecule has 142 valence electrons. The molecular weight excluding hydrogens is 344 g/mol. The Labute approximate surface area is 160 Å². The zero-order chi connectivity index (χ0) is 18.2. The number of rotatable bonds is 7. The summed E-state index contributed by atoms with van der Waals surface area (Å²) in [7, 11) is 0. The van der Waals surface area contributed by atoms with Crippen molar-refractivity contribution in [3.63, 3.8) is 0 Å². The molecule has 0 aliphatic carbocycles. The summed E-state index contributed by atoms with van der Waals surface area (Å²) < 4.78 is 7.03. The number of fused-ring (bicyclic) bond motifs is 1. The minimum atomic E-state index is 0.415. The molecule has 1 fully saturated rings. The predicted molar refractivity (Wildman–Crippen MR) is 110 cm³/mol. The molecule has 1 N–H and O–H groups in total. The largest absolute Gasteiger partial charge is 0.378 e. The van der Waals surface area contributed by atoms with Crippen LogP contribution in [0, 0.1) is 0 Å². The standard InChI is InChI=1S/C20H30N4OS/c1-3-21-20(24-14-11-16(12-15-24)25-4-2)22-13-7-10-19-23-17-8-5-6-9-18(17)26-19/h5-6,8-9,16H,3-4,7,10-15H2,1-2H3,(H,21,22). The first-order chi connectivity index (χ1) is 12.8. The van der Waals surface area contributed by atoms with Crippen LogP contribution in [0.3, 0.4) is 0 Å². The molecule has 1 aliphatic heterocycles. The number of piperidine rings is 1. The van der Waals surface area contributed by atoms with Gasteiger partial charge in [-0.1, -0.05) is 12.1 Å². The molecular formula is C20H30N4OS. The second kappa shape index (κ2) is 9.88. The van der Waals surface area contributed by atoms with Crippen LogP contribution in [-0.4, -0.2) is 54.7 Å². The number of ether oxygens (including phenoxy) is 1. The van der Waals surface area contributed by atoms with Crippen LogP contribution in [0.4, 0.5) is 0 Å². The number of aliphatic imine (C=N–C) groups is 1. The molecule has 26 heavy (non-hydrogen) atoms. The Balaban J connectivity index is 1.49. The number of nitrogens with one attached hydrogen (secondary N) is 1. The number of aromatic nitrogens is 1. The van der Waals surface area contributed by atoms with Gasteiger partial charge >= 0.3 is 0 Å². The summed E-state index contributed by atoms with van der Waals surface area (Å²) in [6, 6.07) is 8.35. The first-order valence-electron chi connectivity index (χ1n) is 9.79. The number of hydrogen-bond acceptors (Lipinski definition) is 4. The maximum Gasteiger partial charge on any atom is 0.193 e. The fourth-order valence-electron chi connectivity index (χ4n) is 3.34. The zero-order valence-electron chi connectivity index (χ0n) is 15.9. The molecule has 2 aromatic rings. The molecule has 1 aromatic heterocycles. The summed E-state index contributed by atoms with van der Waals surface area (Å²) in [6.45, 7) is 8.80. The van der Waals surface area contributed by atoms with Crippen LogP contribution in [0.1, 0.15) is 38.1 Å². The van der Waals surface area contributed by atoms with Crippen LogP contribution < -0.4 is 5.32 Å². The van der Waals surface area contributed by atoms with E-state index < -0.39 is 0 Å². The van der Waals surface area contributed by atoms with Crippen molar-refractivity contribution in [2.75, 3.05) is 32.8 Å². The highest BCUT2D eigenvalue weighted by atomic mass is 32.1. The van der Waals surface area contributed by atoms with Crippen molar-refractivity contribution in [2.24, 2.45) is 4.99 Å². The van der Waals surface area contributed by atoms with Crippen molar-refractivity contribution in [3.8, 4) is 0 Å². The molecule has 1 aromatic carbocycles. The van der Waals surface area contributed by atoms with Crippen molar-refractivity contribution in [3.05, 3.63) is 29.3 Å². The lowest BCUT2D eigenvalue weighted by molar-refractivity contribution is 0.0264. The minimum absolute atomic E-state index is 0.415. The predicted octanol–water partition coefficient (Wildman–Crippen LogP) is 3.70. The SMILES string of the molecule is CCNC(=NCCCc1nc2ccccc2s1)N1CCC(OCC)CC1. The van der Waals surface area contributed by atoms with Gasteiger partial charge in [0.05, 0.1) is 21.3 Å². The second-order valence-electron chi connectivity index (χ2n) is 6.56. The number of para-hydroxylation sites is 1. The van der Waals surface area contributed by atoms with E-state index in [-0.39, 0.29) is 0 Å². The van der Waals surface area contributed by atoms with E-state index >= 15 is 0 Å². The van der Waals surface area contributed by atoms with Gasteiger partial charge in [0, 0.05) is 39.2 Å². The van der Waals surface area contributed by atoms with Crippen LogP contribution in [-0.2, 0) is 11.2 Å². The van der Waals surface area contributed by atoms with Crippen LogP contribution in [0.5, 0.6) is 0 Å². The average Bonchev–Trinajstić information content (AvgIpc) is 3.08. The van der Waals surface area contributed by atoms with Gasteiger partial charge in [0.1, 0.15) is 0 Å². The Morgan fingerprint density at radius 2 is 2.12 bits per heavy atom. The first-order valence-corrected chi connectivity index (χ1v) is 10.6. The molecule has 0 radical (unpaired) electrons. The van der Waals surface area contributed by atoms with Crippen molar-refractivity contribution in [1.29, 1.82) is 0 Å². The second-order valence-corrected chi connectivity index (χ2v) is 7.67. The molecule has 6 heteroatoms. The van der Waals surface area contributed by atoms with E-state index in [1.165, 1.54) is 9.71 Å². The van der Waals surface area contributed by atoms with Crippen LogP contribution in [0.25, 0.3) is 10.2 Å². The molecule has 0 unspecified atom stereocenters. The molecule has 0 atom stereocenters. The minimum Gasteiger partial charge on any atom is -0.378 e. The van der Waals surface area contributed by atoms with Crippen molar-refractivity contribution < 1.29 is 4.74 Å². The normalized spacial score (nSPS) is 16.4. The fourth-order valence-corrected chi connectivity index (χ4v) is 4.35. The molecule has 0 saturated carbocycles. The monoisotopic (exact) mass is 374 g/mol. The topological polar surface area (TPSA) is 49.8 Å². The highest BCUT2D eigenvalue weighted by molar-refractivity contribution is 7.18. The lowest BCUT2D eigenvalue weighted by Gasteiger charge is -2.34. The molecule has 1 aliphatic rings. The number of nitrogens with zero attached hydrogens (tertiary/aromatic N) is 3. The molecule has 0 spiro atoms. The molecule has 5 nitrogen and oxygen atoms in total. The summed E-state index contributed by atoms with van der Waals surface area (Å²) in [4.78, 5) is 11.9. The number of guanidine groups is 1. The van der Waals surface area contributed by atoms with Crippen molar-refractivity contribution >= 4 is 27.5 Å². The van der Waals surface area contributed by atoms with Gasteiger partial charge in [-0.2, -0.15) is 0 Å². The Bertz CT molecular complexity index is 674. The third-order valence-corrected chi connectivity index (χ3v) is 5.72. The quantitative estimate of drug-likeness (QED) is 0.456. The van der Waals surface area contributed by atoms with Gasteiger partial charge in [0.2, 0.25) is 0 Å². The number of thiazole rings is 1. The van der Waals surface area contributed by atoms with Crippen LogP contribution in [0.15, 0.2) is 29.3 Å². The van der Waals surface area contributed by atoms with Gasteiger partial charge in [-0.15, -0.1) is 11.3 Å². The van der Waals surface area contributed by atoms with Crippen LogP contribution >= 0.6 is 11.3 Å². The first kappa shape index (κ1) is 19.1. The van der Waals surface area contributed by atoms with Gasteiger partial charge in [0.25, 0.3) is 0 Å². The van der Waals surface area contributed by atoms with E-state index in [4.69, 9.17) is 14.7 Å². The number of likely N-dealkylation sites (tertiary alicyclic amines) is 1. The zero-order valence-corrected chi connectivity index (χ0v) is 16.7. The van der Waals surface area contributed by atoms with E-state index in [0.717, 1.165) is 69.9 Å². The lowest BCUT2D eigenvalue weighted by Crippen LogP contribution is -2.47. The van der Waals surface area contributed by atoms with Gasteiger partial charge in [0.15, 0.2) is 5.96 Å². The van der Waals surface area contributed by atoms with Crippen molar-refractivity contribution in [2.45, 2.75) is 45.6 Å². The summed E-state index contributed by atoms with van der Waals surface area (Å²) in [6.07, 6.45) is 4.62. The molecule has 0 bridgehead atoms.